The van der Waals surface area contributed by atoms with Crippen molar-refractivity contribution < 1.29 is 9.32 Å². The third-order valence-electron chi connectivity index (χ3n) is 5.80. The van der Waals surface area contributed by atoms with Crippen molar-refractivity contribution in [3.8, 4) is 0 Å². The number of aryl methyl sites for hydroxylation is 1. The van der Waals surface area contributed by atoms with Gasteiger partial charge in [0.05, 0.1) is 0 Å². The molecule has 0 aliphatic carbocycles. The van der Waals surface area contributed by atoms with Crippen LogP contribution in [0, 0.1) is 0 Å². The lowest BCUT2D eigenvalue weighted by Gasteiger charge is -2.19. The van der Waals surface area contributed by atoms with Crippen molar-refractivity contribution in [2.45, 2.75) is 65.0 Å². The van der Waals surface area contributed by atoms with Crippen LogP contribution in [0.3, 0.4) is 0 Å². The van der Waals surface area contributed by atoms with Gasteiger partial charge in [-0.05, 0) is 35.6 Å². The molecule has 0 saturated carbocycles. The summed E-state index contributed by atoms with van der Waals surface area (Å²) in [5.74, 6) is 1.34. The first kappa shape index (κ1) is 22.1. The maximum absolute atomic E-state index is 12.2. The SMILES string of the molecule is CC(C)(C)c1noc(CCCC(=O)NCc2ccc(CN3CCc4ccccc43)cc2)n1. The van der Waals surface area contributed by atoms with Crippen molar-refractivity contribution in [1.29, 1.82) is 0 Å². The molecule has 0 fully saturated rings. The number of aromatic nitrogens is 2. The predicted molar refractivity (Wildman–Crippen MR) is 125 cm³/mol. The predicted octanol–water partition coefficient (Wildman–Crippen LogP) is 4.57. The zero-order valence-corrected chi connectivity index (χ0v) is 19.2. The first-order valence-electron chi connectivity index (χ1n) is 11.4. The summed E-state index contributed by atoms with van der Waals surface area (Å²) in [6, 6.07) is 17.2. The summed E-state index contributed by atoms with van der Waals surface area (Å²) in [4.78, 5) is 19.0. The molecule has 6 nitrogen and oxygen atoms in total. The number of nitrogens with one attached hydrogen (secondary N) is 1. The number of hydrogen-bond donors (Lipinski definition) is 1. The van der Waals surface area contributed by atoms with Gasteiger partial charge in [-0.1, -0.05) is 68.4 Å². The number of anilines is 1. The minimum absolute atomic E-state index is 0.0401. The summed E-state index contributed by atoms with van der Waals surface area (Å²) < 4.78 is 5.28. The van der Waals surface area contributed by atoms with E-state index in [1.165, 1.54) is 16.8 Å². The molecular formula is C26H32N4O2. The number of nitrogens with zero attached hydrogens (tertiary/aromatic N) is 3. The van der Waals surface area contributed by atoms with Gasteiger partial charge in [0.2, 0.25) is 11.8 Å². The fourth-order valence-corrected chi connectivity index (χ4v) is 3.90. The number of carbonyl (C=O) groups excluding carboxylic acids is 1. The molecule has 0 unspecified atom stereocenters. The molecule has 3 aromatic rings. The van der Waals surface area contributed by atoms with Gasteiger partial charge in [-0.3, -0.25) is 4.79 Å². The molecule has 1 N–H and O–H groups in total. The largest absolute Gasteiger partial charge is 0.367 e. The van der Waals surface area contributed by atoms with E-state index in [1.807, 2.05) is 20.8 Å². The number of amides is 1. The number of fused-ring (bicyclic) bond motifs is 1. The highest BCUT2D eigenvalue weighted by molar-refractivity contribution is 5.75. The second-order valence-corrected chi connectivity index (χ2v) is 9.51. The Hall–Kier alpha value is -3.15. The number of carbonyl (C=O) groups is 1. The van der Waals surface area contributed by atoms with Crippen LogP contribution in [-0.2, 0) is 36.1 Å². The molecule has 0 saturated heterocycles. The summed E-state index contributed by atoms with van der Waals surface area (Å²) in [6.07, 6.45) is 2.86. The molecule has 32 heavy (non-hydrogen) atoms. The Balaban J connectivity index is 1.19. The highest BCUT2D eigenvalue weighted by atomic mass is 16.5. The van der Waals surface area contributed by atoms with Gasteiger partial charge in [-0.25, -0.2) is 0 Å². The molecule has 2 heterocycles. The van der Waals surface area contributed by atoms with E-state index in [0.717, 1.165) is 25.1 Å². The molecular weight excluding hydrogens is 400 g/mol. The lowest BCUT2D eigenvalue weighted by Crippen LogP contribution is -2.22. The quantitative estimate of drug-likeness (QED) is 0.565. The molecule has 1 aliphatic rings. The van der Waals surface area contributed by atoms with Crippen LogP contribution in [0.1, 0.15) is 62.0 Å². The molecule has 0 radical (unpaired) electrons. The van der Waals surface area contributed by atoms with Crippen molar-refractivity contribution in [3.05, 3.63) is 76.9 Å². The number of hydrogen-bond acceptors (Lipinski definition) is 5. The third-order valence-corrected chi connectivity index (χ3v) is 5.80. The van der Waals surface area contributed by atoms with Gasteiger partial charge in [-0.15, -0.1) is 0 Å². The van der Waals surface area contributed by atoms with E-state index in [2.05, 4.69) is 68.9 Å². The average Bonchev–Trinajstić information content (AvgIpc) is 3.41. The Kier molecular flexibility index (Phi) is 6.58. The lowest BCUT2D eigenvalue weighted by molar-refractivity contribution is -0.121. The van der Waals surface area contributed by atoms with Gasteiger partial charge in [0.15, 0.2) is 5.82 Å². The van der Waals surface area contributed by atoms with Gasteiger partial charge in [0, 0.05) is 43.6 Å². The third kappa shape index (κ3) is 5.55. The molecule has 4 rings (SSSR count). The Bertz CT molecular complexity index is 1050. The van der Waals surface area contributed by atoms with Crippen LogP contribution in [0.4, 0.5) is 5.69 Å². The van der Waals surface area contributed by atoms with Crippen molar-refractivity contribution in [2.75, 3.05) is 11.4 Å². The zero-order valence-electron chi connectivity index (χ0n) is 19.2. The smallest absolute Gasteiger partial charge is 0.226 e. The van der Waals surface area contributed by atoms with E-state index in [9.17, 15) is 4.79 Å². The van der Waals surface area contributed by atoms with E-state index >= 15 is 0 Å². The van der Waals surface area contributed by atoms with Crippen molar-refractivity contribution in [3.63, 3.8) is 0 Å². The van der Waals surface area contributed by atoms with Crippen molar-refractivity contribution in [1.82, 2.24) is 15.5 Å². The van der Waals surface area contributed by atoms with Crippen molar-refractivity contribution in [2.24, 2.45) is 0 Å². The van der Waals surface area contributed by atoms with E-state index < -0.39 is 0 Å². The molecule has 1 amide bonds. The topological polar surface area (TPSA) is 71.3 Å². The first-order chi connectivity index (χ1) is 15.4. The van der Waals surface area contributed by atoms with Gasteiger partial charge in [0.1, 0.15) is 0 Å². The van der Waals surface area contributed by atoms with Crippen LogP contribution >= 0.6 is 0 Å². The van der Waals surface area contributed by atoms with Crippen LogP contribution < -0.4 is 10.2 Å². The fourth-order valence-electron chi connectivity index (χ4n) is 3.90. The van der Waals surface area contributed by atoms with Crippen LogP contribution in [0.2, 0.25) is 0 Å². The molecule has 0 atom stereocenters. The highest BCUT2D eigenvalue weighted by Crippen LogP contribution is 2.28. The molecule has 6 heteroatoms. The lowest BCUT2D eigenvalue weighted by atomic mass is 9.96. The Labute approximate surface area is 190 Å². The Morgan fingerprint density at radius 3 is 2.59 bits per heavy atom. The monoisotopic (exact) mass is 432 g/mol. The van der Waals surface area contributed by atoms with Gasteiger partial charge >= 0.3 is 0 Å². The second-order valence-electron chi connectivity index (χ2n) is 9.51. The maximum Gasteiger partial charge on any atom is 0.226 e. The first-order valence-corrected chi connectivity index (χ1v) is 11.4. The Morgan fingerprint density at radius 2 is 1.84 bits per heavy atom. The zero-order chi connectivity index (χ0) is 22.6. The maximum atomic E-state index is 12.2. The minimum Gasteiger partial charge on any atom is -0.367 e. The summed E-state index contributed by atoms with van der Waals surface area (Å²) in [5.41, 5.74) is 5.04. The summed E-state index contributed by atoms with van der Waals surface area (Å²) in [5, 5.41) is 7.03. The van der Waals surface area contributed by atoms with Gasteiger partial charge in [0.25, 0.3) is 0 Å². The second kappa shape index (κ2) is 9.55. The van der Waals surface area contributed by atoms with Crippen LogP contribution in [0.15, 0.2) is 53.1 Å². The molecule has 0 bridgehead atoms. The van der Waals surface area contributed by atoms with E-state index in [0.29, 0.717) is 37.5 Å². The van der Waals surface area contributed by atoms with Gasteiger partial charge in [-0.2, -0.15) is 4.98 Å². The summed E-state index contributed by atoms with van der Waals surface area (Å²) >= 11 is 0. The molecule has 0 spiro atoms. The normalized spacial score (nSPS) is 13.3. The molecule has 2 aromatic carbocycles. The number of benzene rings is 2. The highest BCUT2D eigenvalue weighted by Gasteiger charge is 2.21. The molecule has 1 aromatic heterocycles. The van der Waals surface area contributed by atoms with Crippen molar-refractivity contribution >= 4 is 11.6 Å². The molecule has 1 aliphatic heterocycles. The van der Waals surface area contributed by atoms with Crippen LogP contribution in [0.5, 0.6) is 0 Å². The summed E-state index contributed by atoms with van der Waals surface area (Å²) in [6.45, 7) is 8.67. The molecule has 168 valence electrons. The van der Waals surface area contributed by atoms with Crippen LogP contribution in [0.25, 0.3) is 0 Å². The Morgan fingerprint density at radius 1 is 1.09 bits per heavy atom. The average molecular weight is 433 g/mol. The number of rotatable bonds is 8. The van der Waals surface area contributed by atoms with E-state index in [1.54, 1.807) is 0 Å². The standard InChI is InChI=1S/C26H32N4O2/c1-26(2,3)25-28-24(32-29-25)10-6-9-23(31)27-17-19-11-13-20(14-12-19)18-30-16-15-21-7-4-5-8-22(21)30/h4-5,7-8,11-14H,6,9-10,15-18H2,1-3H3,(H,27,31). The van der Waals surface area contributed by atoms with E-state index in [4.69, 9.17) is 4.52 Å². The van der Waals surface area contributed by atoms with E-state index in [-0.39, 0.29) is 11.3 Å². The number of para-hydroxylation sites is 1. The summed E-state index contributed by atoms with van der Waals surface area (Å²) in [7, 11) is 0. The minimum atomic E-state index is -0.131. The fraction of sp³-hybridized carbons (Fsp3) is 0.423. The van der Waals surface area contributed by atoms with Crippen LogP contribution in [-0.4, -0.2) is 22.6 Å². The van der Waals surface area contributed by atoms with Gasteiger partial charge < -0.3 is 14.7 Å².